The molecule has 0 saturated heterocycles. The van der Waals surface area contributed by atoms with Crippen molar-refractivity contribution in [1.82, 2.24) is 5.32 Å². The van der Waals surface area contributed by atoms with Crippen molar-refractivity contribution in [2.45, 2.75) is 18.4 Å². The number of carboxylic acid groups (broad SMARTS) is 1. The number of carboxylic acids is 1. The van der Waals surface area contributed by atoms with Crippen molar-refractivity contribution in [2.24, 2.45) is 5.92 Å². The molecule has 3 unspecified atom stereocenters. The average molecular weight is 378 g/mol. The quantitative estimate of drug-likeness (QED) is 0.807. The Morgan fingerprint density at radius 2 is 1.96 bits per heavy atom. The molecule has 3 atom stereocenters. The molecule has 5 nitrogen and oxygen atoms in total. The number of methoxy groups -OCH3 is 1. The first kappa shape index (κ1) is 18.2. The number of hydrogen-bond donors (Lipinski definition) is 2. The van der Waals surface area contributed by atoms with Crippen molar-refractivity contribution >= 4 is 23.5 Å². The topological polar surface area (TPSA) is 75.6 Å². The lowest BCUT2D eigenvalue weighted by atomic mass is 10.1. The first-order chi connectivity index (χ1) is 12.4. The fourth-order valence-electron chi connectivity index (χ4n) is 3.00. The SMILES string of the molecule is COc1ccc(C(NC(=O)C2CC2c2c(F)cccc2Cl)C(=O)O)cc1. The van der Waals surface area contributed by atoms with E-state index in [1.54, 1.807) is 30.3 Å². The maximum absolute atomic E-state index is 14.0. The molecular formula is C19H17ClFNO4. The summed E-state index contributed by atoms with van der Waals surface area (Å²) >= 11 is 6.04. The van der Waals surface area contributed by atoms with Gasteiger partial charge in [-0.1, -0.05) is 29.8 Å². The summed E-state index contributed by atoms with van der Waals surface area (Å²) in [6.45, 7) is 0. The summed E-state index contributed by atoms with van der Waals surface area (Å²) < 4.78 is 19.0. The summed E-state index contributed by atoms with van der Waals surface area (Å²) in [7, 11) is 1.51. The molecule has 2 aromatic carbocycles. The molecule has 7 heteroatoms. The van der Waals surface area contributed by atoms with Crippen LogP contribution in [0.1, 0.15) is 29.5 Å². The van der Waals surface area contributed by atoms with Crippen LogP contribution < -0.4 is 10.1 Å². The molecule has 3 rings (SSSR count). The van der Waals surface area contributed by atoms with Crippen LogP contribution in [0.5, 0.6) is 5.75 Å². The number of benzene rings is 2. The molecule has 136 valence electrons. The maximum atomic E-state index is 14.0. The monoisotopic (exact) mass is 377 g/mol. The largest absolute Gasteiger partial charge is 0.497 e. The van der Waals surface area contributed by atoms with E-state index in [2.05, 4.69) is 5.32 Å². The molecular weight excluding hydrogens is 361 g/mol. The molecule has 0 heterocycles. The molecule has 2 aromatic rings. The lowest BCUT2D eigenvalue weighted by Gasteiger charge is -2.15. The molecule has 26 heavy (non-hydrogen) atoms. The summed E-state index contributed by atoms with van der Waals surface area (Å²) in [5.74, 6) is -2.32. The molecule has 1 amide bonds. The van der Waals surface area contributed by atoms with Gasteiger partial charge >= 0.3 is 5.97 Å². The van der Waals surface area contributed by atoms with Crippen LogP contribution in [0.25, 0.3) is 0 Å². The van der Waals surface area contributed by atoms with Crippen LogP contribution in [-0.4, -0.2) is 24.1 Å². The smallest absolute Gasteiger partial charge is 0.330 e. The molecule has 0 spiro atoms. The van der Waals surface area contributed by atoms with Gasteiger partial charge in [0.05, 0.1) is 7.11 Å². The van der Waals surface area contributed by atoms with E-state index in [4.69, 9.17) is 16.3 Å². The number of halogens is 2. The Morgan fingerprint density at radius 1 is 1.27 bits per heavy atom. The lowest BCUT2D eigenvalue weighted by molar-refractivity contribution is -0.142. The van der Waals surface area contributed by atoms with Gasteiger partial charge in [0, 0.05) is 22.4 Å². The standard InChI is InChI=1S/C19H17ClFNO4/c1-26-11-7-5-10(6-8-11)17(19(24)25)22-18(23)13-9-12(13)16-14(20)3-2-4-15(16)21/h2-8,12-13,17H,9H2,1H3,(H,22,23)(H,24,25). The van der Waals surface area contributed by atoms with Crippen molar-refractivity contribution in [3.8, 4) is 5.75 Å². The van der Waals surface area contributed by atoms with Crippen LogP contribution in [0.2, 0.25) is 5.02 Å². The van der Waals surface area contributed by atoms with Gasteiger partial charge in [0.15, 0.2) is 6.04 Å². The van der Waals surface area contributed by atoms with Crippen LogP contribution in [0.15, 0.2) is 42.5 Å². The highest BCUT2D eigenvalue weighted by Gasteiger charge is 2.47. The van der Waals surface area contributed by atoms with Gasteiger partial charge in [-0.2, -0.15) is 0 Å². The first-order valence-corrected chi connectivity index (χ1v) is 8.41. The predicted octanol–water partition coefficient (Wildman–Crippen LogP) is 3.53. The van der Waals surface area contributed by atoms with Gasteiger partial charge in [-0.25, -0.2) is 9.18 Å². The number of hydrogen-bond acceptors (Lipinski definition) is 3. The third-order valence-corrected chi connectivity index (χ3v) is 4.81. The fraction of sp³-hybridized carbons (Fsp3) is 0.263. The van der Waals surface area contributed by atoms with Gasteiger partial charge in [0.25, 0.3) is 0 Å². The van der Waals surface area contributed by atoms with E-state index in [1.165, 1.54) is 19.2 Å². The van der Waals surface area contributed by atoms with E-state index in [0.717, 1.165) is 0 Å². The Bertz CT molecular complexity index is 820. The first-order valence-electron chi connectivity index (χ1n) is 8.03. The normalized spacial score (nSPS) is 19.5. The number of ether oxygens (including phenoxy) is 1. The van der Waals surface area contributed by atoms with Gasteiger partial charge in [-0.15, -0.1) is 0 Å². The Morgan fingerprint density at radius 3 is 2.54 bits per heavy atom. The molecule has 0 bridgehead atoms. The van der Waals surface area contributed by atoms with Gasteiger partial charge in [0.2, 0.25) is 5.91 Å². The van der Waals surface area contributed by atoms with Crippen LogP contribution in [0.4, 0.5) is 4.39 Å². The van der Waals surface area contributed by atoms with Crippen molar-refractivity contribution in [3.63, 3.8) is 0 Å². The van der Waals surface area contributed by atoms with Gasteiger partial charge < -0.3 is 15.2 Å². The molecule has 1 aliphatic carbocycles. The molecule has 0 radical (unpaired) electrons. The van der Waals surface area contributed by atoms with Gasteiger partial charge in [-0.3, -0.25) is 4.79 Å². The van der Waals surface area contributed by atoms with E-state index >= 15 is 0 Å². The minimum absolute atomic E-state index is 0.273. The third-order valence-electron chi connectivity index (χ3n) is 4.48. The number of rotatable bonds is 6. The number of amides is 1. The summed E-state index contributed by atoms with van der Waals surface area (Å²) in [4.78, 5) is 24.0. The van der Waals surface area contributed by atoms with E-state index in [-0.39, 0.29) is 10.9 Å². The summed E-state index contributed by atoms with van der Waals surface area (Å²) in [6.07, 6.45) is 0.432. The van der Waals surface area contributed by atoms with Crippen molar-refractivity contribution < 1.29 is 23.8 Å². The maximum Gasteiger partial charge on any atom is 0.330 e. The molecule has 2 N–H and O–H groups in total. The zero-order chi connectivity index (χ0) is 18.8. The minimum Gasteiger partial charge on any atom is -0.497 e. The highest BCUT2D eigenvalue weighted by atomic mass is 35.5. The highest BCUT2D eigenvalue weighted by Crippen LogP contribution is 2.50. The Hall–Kier alpha value is -2.60. The number of aliphatic carboxylic acids is 1. The van der Waals surface area contributed by atoms with E-state index < -0.39 is 29.7 Å². The Balaban J connectivity index is 1.72. The number of carbonyl (C=O) groups is 2. The summed E-state index contributed by atoms with van der Waals surface area (Å²) in [5.41, 5.74) is 0.735. The molecule has 1 fully saturated rings. The third kappa shape index (κ3) is 3.65. The van der Waals surface area contributed by atoms with E-state index in [0.29, 0.717) is 23.3 Å². The van der Waals surface area contributed by atoms with Gasteiger partial charge in [-0.05, 0) is 36.2 Å². The summed E-state index contributed by atoms with van der Waals surface area (Å²) in [6, 6.07) is 9.59. The molecule has 0 aromatic heterocycles. The van der Waals surface area contributed by atoms with Crippen molar-refractivity contribution in [1.29, 1.82) is 0 Å². The molecule has 0 aliphatic heterocycles. The average Bonchev–Trinajstić information content (AvgIpc) is 3.39. The Kier molecular flexibility index (Phi) is 5.13. The van der Waals surface area contributed by atoms with Crippen LogP contribution in [-0.2, 0) is 9.59 Å². The number of nitrogens with one attached hydrogen (secondary N) is 1. The van der Waals surface area contributed by atoms with Crippen molar-refractivity contribution in [3.05, 3.63) is 64.4 Å². The number of carbonyl (C=O) groups excluding carboxylic acids is 1. The molecule has 1 aliphatic rings. The van der Waals surface area contributed by atoms with E-state index in [9.17, 15) is 19.1 Å². The van der Waals surface area contributed by atoms with Crippen LogP contribution in [0, 0.1) is 11.7 Å². The second-order valence-electron chi connectivity index (χ2n) is 6.14. The fourth-order valence-corrected chi connectivity index (χ4v) is 3.31. The second kappa shape index (κ2) is 7.33. The van der Waals surface area contributed by atoms with Crippen LogP contribution in [0.3, 0.4) is 0 Å². The highest BCUT2D eigenvalue weighted by molar-refractivity contribution is 6.31. The second-order valence-corrected chi connectivity index (χ2v) is 6.54. The minimum atomic E-state index is -1.19. The Labute approximate surface area is 154 Å². The van der Waals surface area contributed by atoms with Crippen molar-refractivity contribution in [2.75, 3.05) is 7.11 Å². The summed E-state index contributed by atoms with van der Waals surface area (Å²) in [5, 5.41) is 12.2. The zero-order valence-electron chi connectivity index (χ0n) is 13.9. The van der Waals surface area contributed by atoms with E-state index in [1.807, 2.05) is 0 Å². The predicted molar refractivity (Wildman–Crippen MR) is 93.8 cm³/mol. The molecule has 1 saturated carbocycles. The van der Waals surface area contributed by atoms with Crippen LogP contribution >= 0.6 is 11.6 Å². The van der Waals surface area contributed by atoms with Gasteiger partial charge in [0.1, 0.15) is 11.6 Å². The zero-order valence-corrected chi connectivity index (χ0v) is 14.7. The lowest BCUT2D eigenvalue weighted by Crippen LogP contribution is -2.35.